The molecule has 112 valence electrons. The molecule has 2 N–H and O–H groups in total. The smallest absolute Gasteiger partial charge is 0.370 e. The molecular weight excluding hydrogens is 258 g/mol. The van der Waals surface area contributed by atoms with Gasteiger partial charge in [0, 0.05) is 17.9 Å². The molecule has 5 atom stereocenters. The van der Waals surface area contributed by atoms with Gasteiger partial charge in [-0.2, -0.15) is 0 Å². The number of hydrogen-bond acceptors (Lipinski definition) is 4. The van der Waals surface area contributed by atoms with Gasteiger partial charge in [0.2, 0.25) is 0 Å². The minimum absolute atomic E-state index is 0.166. The summed E-state index contributed by atoms with van der Waals surface area (Å²) >= 11 is 0. The Balaban J connectivity index is 2.36. The zero-order valence-corrected chi connectivity index (χ0v) is 14.2. The van der Waals surface area contributed by atoms with E-state index in [9.17, 15) is 0 Å². The normalized spacial score (nSPS) is 49.1. The van der Waals surface area contributed by atoms with Gasteiger partial charge in [0.05, 0.1) is 17.3 Å². The van der Waals surface area contributed by atoms with Gasteiger partial charge in [-0.15, -0.1) is 0 Å². The van der Waals surface area contributed by atoms with Gasteiger partial charge in [-0.25, -0.2) is 0 Å². The van der Waals surface area contributed by atoms with E-state index >= 15 is 0 Å². The first-order valence-electron chi connectivity index (χ1n) is 7.45. The van der Waals surface area contributed by atoms with Crippen LogP contribution in [0.4, 0.5) is 0 Å². The van der Waals surface area contributed by atoms with Crippen molar-refractivity contribution in [1.82, 2.24) is 0 Å². The van der Waals surface area contributed by atoms with Crippen LogP contribution < -0.4 is 5.73 Å². The maximum atomic E-state index is 6.47. The molecule has 4 nitrogen and oxygen atoms in total. The Kier molecular flexibility index (Phi) is 3.91. The standard InChI is InChI=1S/C14H29NO3Si/c1-10-11(2)16-19(9-7-8-15)17-13(4,5)12(3)14(10,6)18-19/h10-12H,7-9,15H2,1-6H3/t10?,11-,12?,14-,19?/m0/s1. The van der Waals surface area contributed by atoms with Crippen molar-refractivity contribution in [2.75, 3.05) is 6.54 Å². The monoisotopic (exact) mass is 287 g/mol. The van der Waals surface area contributed by atoms with E-state index in [1.807, 2.05) is 0 Å². The molecular formula is C14H29NO3Si. The summed E-state index contributed by atoms with van der Waals surface area (Å²) in [5.74, 6) is 0.698. The van der Waals surface area contributed by atoms with E-state index < -0.39 is 8.80 Å². The van der Waals surface area contributed by atoms with Crippen molar-refractivity contribution in [3.63, 3.8) is 0 Å². The number of hydrogen-bond donors (Lipinski definition) is 1. The fourth-order valence-corrected chi connectivity index (χ4v) is 7.37. The molecule has 5 heteroatoms. The van der Waals surface area contributed by atoms with Crippen LogP contribution in [-0.2, 0) is 13.3 Å². The second-order valence-corrected chi connectivity index (χ2v) is 9.41. The summed E-state index contributed by atoms with van der Waals surface area (Å²) in [6.45, 7) is 13.8. The molecule has 0 amide bonds. The van der Waals surface area contributed by atoms with Crippen LogP contribution in [0.25, 0.3) is 0 Å². The molecule has 0 saturated carbocycles. The molecule has 3 unspecified atom stereocenters. The van der Waals surface area contributed by atoms with Crippen molar-refractivity contribution in [2.45, 2.75) is 71.3 Å². The highest BCUT2D eigenvalue weighted by Crippen LogP contribution is 2.52. The van der Waals surface area contributed by atoms with Crippen molar-refractivity contribution in [1.29, 1.82) is 0 Å². The SMILES string of the molecule is CC1[C@H](C)O[Si]2(CCCN)OC(C)(C)C(C)[C@@]1(C)O2. The number of fused-ring (bicyclic) bond motifs is 2. The van der Waals surface area contributed by atoms with Crippen LogP contribution >= 0.6 is 0 Å². The van der Waals surface area contributed by atoms with Gasteiger partial charge in [0.15, 0.2) is 0 Å². The maximum Gasteiger partial charge on any atom is 0.502 e. The Morgan fingerprint density at radius 1 is 1.11 bits per heavy atom. The third-order valence-electron chi connectivity index (χ3n) is 5.36. The summed E-state index contributed by atoms with van der Waals surface area (Å²) in [7, 11) is -2.59. The van der Waals surface area contributed by atoms with Gasteiger partial charge >= 0.3 is 8.80 Å². The minimum Gasteiger partial charge on any atom is -0.370 e. The summed E-state index contributed by atoms with van der Waals surface area (Å²) in [4.78, 5) is 0. The predicted molar refractivity (Wildman–Crippen MR) is 77.8 cm³/mol. The highest BCUT2D eigenvalue weighted by atomic mass is 28.4. The van der Waals surface area contributed by atoms with Crippen molar-refractivity contribution >= 4 is 8.80 Å². The Hall–Kier alpha value is 0.0569. The van der Waals surface area contributed by atoms with Gasteiger partial charge in [0.1, 0.15) is 0 Å². The van der Waals surface area contributed by atoms with Crippen LogP contribution in [-0.4, -0.2) is 32.7 Å². The van der Waals surface area contributed by atoms with Crippen LogP contribution in [0.15, 0.2) is 0 Å². The maximum absolute atomic E-state index is 6.47. The van der Waals surface area contributed by atoms with Crippen molar-refractivity contribution in [2.24, 2.45) is 17.6 Å². The average molecular weight is 287 g/mol. The fourth-order valence-electron chi connectivity index (χ4n) is 3.49. The van der Waals surface area contributed by atoms with Crippen molar-refractivity contribution in [3.8, 4) is 0 Å². The Bertz CT molecular complexity index is 352. The minimum atomic E-state index is -2.59. The van der Waals surface area contributed by atoms with E-state index in [-0.39, 0.29) is 17.3 Å². The predicted octanol–water partition coefficient (Wildman–Crippen LogP) is 2.55. The molecule has 2 saturated heterocycles. The Morgan fingerprint density at radius 2 is 1.74 bits per heavy atom. The molecule has 0 aromatic heterocycles. The highest BCUT2D eigenvalue weighted by Gasteiger charge is 2.65. The van der Waals surface area contributed by atoms with Gasteiger partial charge < -0.3 is 19.0 Å². The lowest BCUT2D eigenvalue weighted by Crippen LogP contribution is -2.73. The lowest BCUT2D eigenvalue weighted by Gasteiger charge is -2.62. The third kappa shape index (κ3) is 2.40. The van der Waals surface area contributed by atoms with Gasteiger partial charge in [-0.1, -0.05) is 13.8 Å². The van der Waals surface area contributed by atoms with E-state index in [4.69, 9.17) is 19.0 Å². The first kappa shape index (κ1) is 15.4. The van der Waals surface area contributed by atoms with Gasteiger partial charge in [-0.05, 0) is 40.7 Å². The molecule has 2 heterocycles. The van der Waals surface area contributed by atoms with E-state index in [0.717, 1.165) is 12.5 Å². The Morgan fingerprint density at radius 3 is 2.32 bits per heavy atom. The van der Waals surface area contributed by atoms with E-state index in [0.29, 0.717) is 18.4 Å². The zero-order chi connectivity index (χ0) is 14.5. The van der Waals surface area contributed by atoms with Crippen LogP contribution in [0, 0.1) is 11.8 Å². The van der Waals surface area contributed by atoms with Crippen molar-refractivity contribution in [3.05, 3.63) is 0 Å². The average Bonchev–Trinajstić information content (AvgIpc) is 2.31. The van der Waals surface area contributed by atoms with Crippen LogP contribution in [0.3, 0.4) is 0 Å². The fraction of sp³-hybridized carbons (Fsp3) is 1.00. The first-order chi connectivity index (χ1) is 8.67. The van der Waals surface area contributed by atoms with Gasteiger partial charge in [0.25, 0.3) is 0 Å². The largest absolute Gasteiger partial charge is 0.502 e. The van der Waals surface area contributed by atoms with Gasteiger partial charge in [-0.3, -0.25) is 0 Å². The second-order valence-electron chi connectivity index (χ2n) is 6.90. The molecule has 2 fully saturated rings. The van der Waals surface area contributed by atoms with E-state index in [2.05, 4.69) is 41.5 Å². The molecule has 2 rings (SSSR count). The lowest BCUT2D eigenvalue weighted by molar-refractivity contribution is -0.242. The molecule has 0 spiro atoms. The zero-order valence-electron chi connectivity index (χ0n) is 13.2. The molecule has 0 aromatic carbocycles. The quantitative estimate of drug-likeness (QED) is 0.811. The molecule has 0 aliphatic carbocycles. The molecule has 0 aromatic rings. The molecule has 2 aliphatic heterocycles. The van der Waals surface area contributed by atoms with E-state index in [1.165, 1.54) is 0 Å². The lowest BCUT2D eigenvalue weighted by atomic mass is 9.71. The van der Waals surface area contributed by atoms with Crippen LogP contribution in [0.5, 0.6) is 0 Å². The molecule has 0 radical (unpaired) electrons. The highest BCUT2D eigenvalue weighted by molar-refractivity contribution is 6.61. The Labute approximate surface area is 118 Å². The summed E-state index contributed by atoms with van der Waals surface area (Å²) in [5.41, 5.74) is 5.28. The summed E-state index contributed by atoms with van der Waals surface area (Å²) < 4.78 is 19.1. The van der Waals surface area contributed by atoms with E-state index in [1.54, 1.807) is 0 Å². The summed E-state index contributed by atoms with van der Waals surface area (Å²) in [6.07, 6.45) is 1.08. The van der Waals surface area contributed by atoms with Crippen molar-refractivity contribution < 1.29 is 13.3 Å². The summed E-state index contributed by atoms with van der Waals surface area (Å²) in [6, 6.07) is 0.826. The number of nitrogens with two attached hydrogens (primary N) is 1. The van der Waals surface area contributed by atoms with Crippen LogP contribution in [0.1, 0.15) is 48.0 Å². The molecule has 2 bridgehead atoms. The molecule has 2 aliphatic rings. The topological polar surface area (TPSA) is 53.7 Å². The third-order valence-corrected chi connectivity index (χ3v) is 8.64. The second kappa shape index (κ2) is 4.81. The summed E-state index contributed by atoms with van der Waals surface area (Å²) in [5, 5.41) is 0. The molecule has 19 heavy (non-hydrogen) atoms. The first-order valence-corrected chi connectivity index (χ1v) is 9.38. The number of rotatable bonds is 3. The van der Waals surface area contributed by atoms with Crippen LogP contribution in [0.2, 0.25) is 6.04 Å².